The van der Waals surface area contributed by atoms with Gasteiger partial charge in [-0.2, -0.15) is 0 Å². The Morgan fingerprint density at radius 3 is 2.24 bits per heavy atom. The lowest BCUT2D eigenvalue weighted by atomic mass is 10.1. The molecule has 0 N–H and O–H groups in total. The van der Waals surface area contributed by atoms with E-state index in [1.165, 1.54) is 27.4 Å². The molecule has 0 radical (unpaired) electrons. The molecule has 1 rings (SSSR count). The Kier molecular flexibility index (Phi) is 4.34. The fourth-order valence-electron chi connectivity index (χ4n) is 1.36. The summed E-state index contributed by atoms with van der Waals surface area (Å²) in [7, 11) is 3.96. The number of carbonyl (C=O) groups is 2. The maximum atomic E-state index is 11.6. The van der Waals surface area contributed by atoms with Crippen molar-refractivity contribution in [2.24, 2.45) is 0 Å². The van der Waals surface area contributed by atoms with Crippen molar-refractivity contribution in [2.75, 3.05) is 21.3 Å². The molecule has 0 atom stereocenters. The summed E-state index contributed by atoms with van der Waals surface area (Å²) in [5.74, 6) is -0.300. The van der Waals surface area contributed by atoms with Crippen LogP contribution in [0.2, 0.25) is 5.02 Å². The molecule has 92 valence electrons. The third-order valence-corrected chi connectivity index (χ3v) is 2.56. The van der Waals surface area contributed by atoms with Gasteiger partial charge in [0, 0.05) is 6.07 Å². The molecule has 5 nitrogen and oxygen atoms in total. The number of esters is 1. The molecule has 0 bridgehead atoms. The van der Waals surface area contributed by atoms with E-state index in [4.69, 9.17) is 21.1 Å². The largest absolute Gasteiger partial charge is 0.496 e. The Balaban J connectivity index is 3.61. The Hall–Kier alpha value is -1.75. The molecule has 0 fully saturated rings. The van der Waals surface area contributed by atoms with E-state index in [0.29, 0.717) is 6.29 Å². The van der Waals surface area contributed by atoms with Gasteiger partial charge in [-0.25, -0.2) is 4.79 Å². The Labute approximate surface area is 103 Å². The molecule has 0 aromatic heterocycles. The van der Waals surface area contributed by atoms with Gasteiger partial charge in [-0.3, -0.25) is 4.79 Å². The maximum absolute atomic E-state index is 11.6. The van der Waals surface area contributed by atoms with E-state index in [9.17, 15) is 9.59 Å². The van der Waals surface area contributed by atoms with E-state index in [1.807, 2.05) is 0 Å². The highest BCUT2D eigenvalue weighted by Gasteiger charge is 2.23. The van der Waals surface area contributed by atoms with Gasteiger partial charge in [0.05, 0.1) is 37.5 Å². The number of hydrogen-bond acceptors (Lipinski definition) is 5. The fraction of sp³-hybridized carbons (Fsp3) is 0.273. The first-order valence-corrected chi connectivity index (χ1v) is 4.96. The van der Waals surface area contributed by atoms with Crippen LogP contribution in [0.5, 0.6) is 11.5 Å². The second-order valence-corrected chi connectivity index (χ2v) is 3.37. The van der Waals surface area contributed by atoms with E-state index in [2.05, 4.69) is 4.74 Å². The molecule has 0 unspecified atom stereocenters. The van der Waals surface area contributed by atoms with Crippen LogP contribution in [0.25, 0.3) is 0 Å². The highest BCUT2D eigenvalue weighted by molar-refractivity contribution is 6.36. The summed E-state index contributed by atoms with van der Waals surface area (Å²) in [4.78, 5) is 22.6. The Bertz CT molecular complexity index is 456. The van der Waals surface area contributed by atoms with Gasteiger partial charge in [-0.1, -0.05) is 11.6 Å². The van der Waals surface area contributed by atoms with Crippen molar-refractivity contribution in [3.05, 3.63) is 22.2 Å². The fourth-order valence-corrected chi connectivity index (χ4v) is 1.67. The molecule has 0 spiro atoms. The molecule has 0 amide bonds. The average Bonchev–Trinajstić information content (AvgIpc) is 2.36. The minimum absolute atomic E-state index is 0.0160. The van der Waals surface area contributed by atoms with Gasteiger partial charge in [-0.15, -0.1) is 0 Å². The first kappa shape index (κ1) is 13.3. The molecule has 0 saturated heterocycles. The SMILES string of the molecule is COC(=O)c1c(Cl)c(OC)cc(OC)c1C=O. The molecule has 1 aromatic carbocycles. The number of carbonyl (C=O) groups excluding carboxylic acids is 2. The van der Waals surface area contributed by atoms with Crippen LogP contribution in [0.4, 0.5) is 0 Å². The van der Waals surface area contributed by atoms with Gasteiger partial charge in [-0.05, 0) is 0 Å². The Morgan fingerprint density at radius 1 is 1.24 bits per heavy atom. The van der Waals surface area contributed by atoms with Crippen LogP contribution in [0.1, 0.15) is 20.7 Å². The predicted molar refractivity (Wildman–Crippen MR) is 61.3 cm³/mol. The van der Waals surface area contributed by atoms with Crippen LogP contribution >= 0.6 is 11.6 Å². The third kappa shape index (κ3) is 2.34. The lowest BCUT2D eigenvalue weighted by Crippen LogP contribution is -2.09. The number of hydrogen-bond donors (Lipinski definition) is 0. The van der Waals surface area contributed by atoms with Crippen LogP contribution in [-0.4, -0.2) is 33.6 Å². The van der Waals surface area contributed by atoms with Crippen molar-refractivity contribution < 1.29 is 23.8 Å². The molecular formula is C11H11ClO5. The van der Waals surface area contributed by atoms with Crippen LogP contribution in [0.3, 0.4) is 0 Å². The quantitative estimate of drug-likeness (QED) is 0.610. The zero-order valence-corrected chi connectivity index (χ0v) is 10.3. The van der Waals surface area contributed by atoms with Gasteiger partial charge in [0.15, 0.2) is 6.29 Å². The molecule has 6 heteroatoms. The summed E-state index contributed by atoms with van der Waals surface area (Å²) < 4.78 is 14.5. The Morgan fingerprint density at radius 2 is 1.82 bits per heavy atom. The second-order valence-electron chi connectivity index (χ2n) is 2.99. The molecule has 0 heterocycles. The highest BCUT2D eigenvalue weighted by atomic mass is 35.5. The smallest absolute Gasteiger partial charge is 0.340 e. The van der Waals surface area contributed by atoms with Gasteiger partial charge >= 0.3 is 5.97 Å². The second kappa shape index (κ2) is 5.54. The number of methoxy groups -OCH3 is 3. The number of ether oxygens (including phenoxy) is 3. The highest BCUT2D eigenvalue weighted by Crippen LogP contribution is 2.36. The van der Waals surface area contributed by atoms with Crippen LogP contribution < -0.4 is 9.47 Å². The minimum atomic E-state index is -0.727. The predicted octanol–water partition coefficient (Wildman–Crippen LogP) is 1.96. The van der Waals surface area contributed by atoms with E-state index in [-0.39, 0.29) is 27.6 Å². The number of aldehydes is 1. The molecule has 17 heavy (non-hydrogen) atoms. The van der Waals surface area contributed by atoms with Crippen molar-refractivity contribution >= 4 is 23.9 Å². The van der Waals surface area contributed by atoms with Crippen LogP contribution in [-0.2, 0) is 4.74 Å². The topological polar surface area (TPSA) is 61.8 Å². The summed E-state index contributed by atoms with van der Waals surface area (Å²) in [5, 5.41) is 0.0160. The van der Waals surface area contributed by atoms with E-state index in [1.54, 1.807) is 0 Å². The standard InChI is InChI=1S/C11H11ClO5/c1-15-7-4-8(16-2)10(12)9(6(7)5-13)11(14)17-3/h4-5H,1-3H3. The molecular weight excluding hydrogens is 248 g/mol. The number of rotatable bonds is 4. The third-order valence-electron chi connectivity index (χ3n) is 2.18. The van der Waals surface area contributed by atoms with Gasteiger partial charge in [0.2, 0.25) is 0 Å². The summed E-state index contributed by atoms with van der Waals surface area (Å²) in [6, 6.07) is 1.43. The zero-order valence-electron chi connectivity index (χ0n) is 9.57. The van der Waals surface area contributed by atoms with Gasteiger partial charge in [0.1, 0.15) is 11.5 Å². The van der Waals surface area contributed by atoms with Crippen molar-refractivity contribution in [2.45, 2.75) is 0 Å². The van der Waals surface area contributed by atoms with E-state index >= 15 is 0 Å². The van der Waals surface area contributed by atoms with Crippen LogP contribution in [0.15, 0.2) is 6.07 Å². The van der Waals surface area contributed by atoms with Gasteiger partial charge < -0.3 is 14.2 Å². The molecule has 0 aliphatic heterocycles. The van der Waals surface area contributed by atoms with E-state index in [0.717, 1.165) is 0 Å². The van der Waals surface area contributed by atoms with Gasteiger partial charge in [0.25, 0.3) is 0 Å². The average molecular weight is 259 g/mol. The summed E-state index contributed by atoms with van der Waals surface area (Å²) in [5.41, 5.74) is -0.0366. The molecule has 0 aliphatic rings. The van der Waals surface area contributed by atoms with Crippen molar-refractivity contribution in [1.82, 2.24) is 0 Å². The van der Waals surface area contributed by atoms with Crippen molar-refractivity contribution in [3.63, 3.8) is 0 Å². The monoisotopic (exact) mass is 258 g/mol. The number of benzene rings is 1. The zero-order chi connectivity index (χ0) is 13.0. The van der Waals surface area contributed by atoms with Crippen molar-refractivity contribution in [3.8, 4) is 11.5 Å². The molecule has 1 aromatic rings. The number of halogens is 1. The first-order chi connectivity index (χ1) is 8.10. The van der Waals surface area contributed by atoms with Crippen molar-refractivity contribution in [1.29, 1.82) is 0 Å². The normalized spacial score (nSPS) is 9.65. The lowest BCUT2D eigenvalue weighted by molar-refractivity contribution is 0.0597. The van der Waals surface area contributed by atoms with Crippen LogP contribution in [0, 0.1) is 0 Å². The summed E-state index contributed by atoms with van der Waals surface area (Å²) in [6.45, 7) is 0. The summed E-state index contributed by atoms with van der Waals surface area (Å²) in [6.07, 6.45) is 0.483. The molecule has 0 saturated carbocycles. The maximum Gasteiger partial charge on any atom is 0.340 e. The first-order valence-electron chi connectivity index (χ1n) is 4.58. The molecule has 0 aliphatic carbocycles. The van der Waals surface area contributed by atoms with E-state index < -0.39 is 5.97 Å². The lowest BCUT2D eigenvalue weighted by Gasteiger charge is -2.13. The minimum Gasteiger partial charge on any atom is -0.496 e. The summed E-state index contributed by atoms with van der Waals surface area (Å²) >= 11 is 5.96.